The molecule has 1 N–H and O–H groups in total. The summed E-state index contributed by atoms with van der Waals surface area (Å²) in [6.07, 6.45) is 7.12. The summed E-state index contributed by atoms with van der Waals surface area (Å²) in [7, 11) is 0. The Kier molecular flexibility index (Phi) is 4.80. The first-order valence-corrected chi connectivity index (χ1v) is 7.07. The van der Waals surface area contributed by atoms with Crippen LogP contribution < -0.4 is 5.32 Å². The van der Waals surface area contributed by atoms with Crippen molar-refractivity contribution in [3.05, 3.63) is 35.4 Å². The number of carbonyl (C=O) groups excluding carboxylic acids is 1. The highest BCUT2D eigenvalue weighted by molar-refractivity contribution is 5.75. The molecule has 1 aliphatic carbocycles. The van der Waals surface area contributed by atoms with Crippen LogP contribution in [-0.2, 0) is 11.3 Å². The molecule has 0 aliphatic heterocycles. The summed E-state index contributed by atoms with van der Waals surface area (Å²) in [6.45, 7) is 2.75. The smallest absolute Gasteiger partial charge is 0.220 e. The van der Waals surface area contributed by atoms with Crippen LogP contribution in [0.4, 0.5) is 0 Å². The van der Waals surface area contributed by atoms with E-state index in [1.807, 2.05) is 12.1 Å². The van der Waals surface area contributed by atoms with E-state index in [2.05, 4.69) is 24.4 Å². The van der Waals surface area contributed by atoms with Gasteiger partial charge < -0.3 is 5.32 Å². The molecule has 0 bridgehead atoms. The number of rotatable bonds is 5. The van der Waals surface area contributed by atoms with Crippen molar-refractivity contribution in [2.24, 2.45) is 5.92 Å². The van der Waals surface area contributed by atoms with Gasteiger partial charge in [0.2, 0.25) is 5.91 Å². The van der Waals surface area contributed by atoms with Crippen LogP contribution in [0.15, 0.2) is 24.3 Å². The first-order chi connectivity index (χ1) is 8.75. The Morgan fingerprint density at radius 2 is 2.00 bits per heavy atom. The van der Waals surface area contributed by atoms with E-state index in [1.165, 1.54) is 36.8 Å². The normalized spacial score (nSPS) is 15.8. The maximum Gasteiger partial charge on any atom is 0.220 e. The Labute approximate surface area is 110 Å². The van der Waals surface area contributed by atoms with Crippen molar-refractivity contribution in [1.29, 1.82) is 0 Å². The molecule has 18 heavy (non-hydrogen) atoms. The Balaban J connectivity index is 1.69. The van der Waals surface area contributed by atoms with Gasteiger partial charge in [0, 0.05) is 13.0 Å². The SMILES string of the molecule is Cc1ccccc1CNC(=O)CCC1CCCC1. The van der Waals surface area contributed by atoms with Crippen LogP contribution in [0.25, 0.3) is 0 Å². The quantitative estimate of drug-likeness (QED) is 0.844. The summed E-state index contributed by atoms with van der Waals surface area (Å²) in [5.41, 5.74) is 2.46. The monoisotopic (exact) mass is 245 g/mol. The van der Waals surface area contributed by atoms with Gasteiger partial charge in [0.15, 0.2) is 0 Å². The van der Waals surface area contributed by atoms with Crippen molar-refractivity contribution in [2.75, 3.05) is 0 Å². The summed E-state index contributed by atoms with van der Waals surface area (Å²) < 4.78 is 0. The summed E-state index contributed by atoms with van der Waals surface area (Å²) in [5, 5.41) is 3.02. The van der Waals surface area contributed by atoms with Gasteiger partial charge in [-0.2, -0.15) is 0 Å². The molecule has 1 fully saturated rings. The third kappa shape index (κ3) is 3.86. The number of amides is 1. The number of hydrogen-bond donors (Lipinski definition) is 1. The average Bonchev–Trinajstić information content (AvgIpc) is 2.88. The molecule has 1 aromatic carbocycles. The largest absolute Gasteiger partial charge is 0.352 e. The zero-order chi connectivity index (χ0) is 12.8. The molecule has 1 saturated carbocycles. The molecule has 2 nitrogen and oxygen atoms in total. The fraction of sp³-hybridized carbons (Fsp3) is 0.562. The second-order valence-corrected chi connectivity index (χ2v) is 5.39. The Morgan fingerprint density at radius 3 is 2.72 bits per heavy atom. The summed E-state index contributed by atoms with van der Waals surface area (Å²) >= 11 is 0. The van der Waals surface area contributed by atoms with Crippen LogP contribution in [-0.4, -0.2) is 5.91 Å². The fourth-order valence-electron chi connectivity index (χ4n) is 2.72. The standard InChI is InChI=1S/C16H23NO/c1-13-6-2-5-9-15(13)12-17-16(18)11-10-14-7-3-4-8-14/h2,5-6,9,14H,3-4,7-8,10-12H2,1H3,(H,17,18). The highest BCUT2D eigenvalue weighted by atomic mass is 16.1. The van der Waals surface area contributed by atoms with E-state index in [4.69, 9.17) is 0 Å². The van der Waals surface area contributed by atoms with Crippen LogP contribution in [0.5, 0.6) is 0 Å². The van der Waals surface area contributed by atoms with Gasteiger partial charge in [-0.15, -0.1) is 0 Å². The molecule has 1 aromatic rings. The van der Waals surface area contributed by atoms with E-state index in [1.54, 1.807) is 0 Å². The Hall–Kier alpha value is -1.31. The van der Waals surface area contributed by atoms with Crippen molar-refractivity contribution >= 4 is 5.91 Å². The highest BCUT2D eigenvalue weighted by Gasteiger charge is 2.15. The maximum absolute atomic E-state index is 11.8. The second-order valence-electron chi connectivity index (χ2n) is 5.39. The zero-order valence-electron chi connectivity index (χ0n) is 11.2. The lowest BCUT2D eigenvalue weighted by Crippen LogP contribution is -2.23. The number of benzene rings is 1. The molecule has 0 aromatic heterocycles. The molecule has 0 unspecified atom stereocenters. The van der Waals surface area contributed by atoms with E-state index in [9.17, 15) is 4.79 Å². The molecular formula is C16H23NO. The number of nitrogens with one attached hydrogen (secondary N) is 1. The van der Waals surface area contributed by atoms with Crippen molar-refractivity contribution < 1.29 is 4.79 Å². The van der Waals surface area contributed by atoms with Crippen LogP contribution in [0, 0.1) is 12.8 Å². The molecule has 2 heteroatoms. The molecular weight excluding hydrogens is 222 g/mol. The number of aryl methyl sites for hydroxylation is 1. The minimum Gasteiger partial charge on any atom is -0.352 e. The second kappa shape index (κ2) is 6.58. The molecule has 1 amide bonds. The molecule has 0 saturated heterocycles. The topological polar surface area (TPSA) is 29.1 Å². The van der Waals surface area contributed by atoms with Crippen LogP contribution in [0.1, 0.15) is 49.7 Å². The predicted octanol–water partition coefficient (Wildman–Crippen LogP) is 3.58. The van der Waals surface area contributed by atoms with Crippen molar-refractivity contribution in [1.82, 2.24) is 5.32 Å². The molecule has 2 rings (SSSR count). The maximum atomic E-state index is 11.8. The van der Waals surface area contributed by atoms with Crippen molar-refractivity contribution in [3.8, 4) is 0 Å². The lowest BCUT2D eigenvalue weighted by Gasteiger charge is -2.10. The molecule has 1 aliphatic rings. The number of carbonyl (C=O) groups is 1. The van der Waals surface area contributed by atoms with Gasteiger partial charge in [-0.3, -0.25) is 4.79 Å². The first kappa shape index (κ1) is 13.1. The molecule has 0 radical (unpaired) electrons. The lowest BCUT2D eigenvalue weighted by molar-refractivity contribution is -0.121. The Bertz CT molecular complexity index is 394. The van der Waals surface area contributed by atoms with Crippen molar-refractivity contribution in [3.63, 3.8) is 0 Å². The van der Waals surface area contributed by atoms with E-state index in [0.717, 1.165) is 12.3 Å². The summed E-state index contributed by atoms with van der Waals surface area (Å²) in [5.74, 6) is 0.999. The van der Waals surface area contributed by atoms with E-state index in [-0.39, 0.29) is 5.91 Å². The fourth-order valence-corrected chi connectivity index (χ4v) is 2.72. The third-order valence-electron chi connectivity index (χ3n) is 3.99. The average molecular weight is 245 g/mol. The van der Waals surface area contributed by atoms with Crippen molar-refractivity contribution in [2.45, 2.75) is 52.0 Å². The Morgan fingerprint density at radius 1 is 1.28 bits per heavy atom. The van der Waals surface area contributed by atoms with Gasteiger partial charge in [0.1, 0.15) is 0 Å². The van der Waals surface area contributed by atoms with E-state index >= 15 is 0 Å². The van der Waals surface area contributed by atoms with E-state index in [0.29, 0.717) is 13.0 Å². The molecule has 0 heterocycles. The van der Waals surface area contributed by atoms with Gasteiger partial charge in [-0.05, 0) is 30.4 Å². The molecule has 0 atom stereocenters. The predicted molar refractivity (Wildman–Crippen MR) is 74.2 cm³/mol. The van der Waals surface area contributed by atoms with Crippen LogP contribution in [0.2, 0.25) is 0 Å². The highest BCUT2D eigenvalue weighted by Crippen LogP contribution is 2.28. The molecule has 98 valence electrons. The van der Waals surface area contributed by atoms with Gasteiger partial charge in [0.25, 0.3) is 0 Å². The lowest BCUT2D eigenvalue weighted by atomic mass is 10.0. The van der Waals surface area contributed by atoms with Gasteiger partial charge in [-0.1, -0.05) is 49.9 Å². The van der Waals surface area contributed by atoms with Gasteiger partial charge >= 0.3 is 0 Å². The third-order valence-corrected chi connectivity index (χ3v) is 3.99. The van der Waals surface area contributed by atoms with Gasteiger partial charge in [0.05, 0.1) is 0 Å². The van der Waals surface area contributed by atoms with Crippen LogP contribution in [0.3, 0.4) is 0 Å². The number of hydrogen-bond acceptors (Lipinski definition) is 1. The summed E-state index contributed by atoms with van der Waals surface area (Å²) in [6, 6.07) is 8.21. The van der Waals surface area contributed by atoms with Crippen LogP contribution >= 0.6 is 0 Å². The molecule has 0 spiro atoms. The zero-order valence-corrected chi connectivity index (χ0v) is 11.2. The van der Waals surface area contributed by atoms with Gasteiger partial charge in [-0.25, -0.2) is 0 Å². The minimum atomic E-state index is 0.199. The minimum absolute atomic E-state index is 0.199. The summed E-state index contributed by atoms with van der Waals surface area (Å²) in [4.78, 5) is 11.8. The first-order valence-electron chi connectivity index (χ1n) is 7.07. The van der Waals surface area contributed by atoms with E-state index < -0.39 is 0 Å².